The zero-order valence-corrected chi connectivity index (χ0v) is 20.1. The number of carbonyl (C=O) groups is 1. The predicted molar refractivity (Wildman–Crippen MR) is 125 cm³/mol. The average Bonchev–Trinajstić information content (AvgIpc) is 3.11. The van der Waals surface area contributed by atoms with Crippen molar-refractivity contribution in [1.29, 1.82) is 0 Å². The van der Waals surface area contributed by atoms with E-state index in [1.807, 2.05) is 36.1 Å². The van der Waals surface area contributed by atoms with E-state index in [1.165, 1.54) is 13.0 Å². The van der Waals surface area contributed by atoms with Gasteiger partial charge in [0.1, 0.15) is 0 Å². The van der Waals surface area contributed by atoms with Gasteiger partial charge in [-0.1, -0.05) is 0 Å². The van der Waals surface area contributed by atoms with Crippen LogP contribution < -0.4 is 18.0 Å². The number of halogens is 4. The van der Waals surface area contributed by atoms with E-state index < -0.39 is 37.9 Å². The molecule has 0 bridgehead atoms. The van der Waals surface area contributed by atoms with Crippen molar-refractivity contribution in [2.75, 3.05) is 27.0 Å². The quantitative estimate of drug-likeness (QED) is 0.269. The summed E-state index contributed by atoms with van der Waals surface area (Å²) in [6.45, 7) is 4.04. The molecule has 1 N–H and O–H groups in total. The van der Waals surface area contributed by atoms with Crippen molar-refractivity contribution in [1.82, 2.24) is 5.32 Å². The van der Waals surface area contributed by atoms with E-state index in [4.69, 9.17) is 7.80 Å². The first-order valence-corrected chi connectivity index (χ1v) is 14.4. The van der Waals surface area contributed by atoms with Crippen LogP contribution in [-0.4, -0.2) is 34.0 Å². The van der Waals surface area contributed by atoms with Gasteiger partial charge in [-0.05, 0) is 0 Å². The van der Waals surface area contributed by atoms with E-state index in [2.05, 4.69) is 5.32 Å². The second-order valence-electron chi connectivity index (χ2n) is 8.13. The van der Waals surface area contributed by atoms with E-state index in [0.29, 0.717) is 16.8 Å². The van der Waals surface area contributed by atoms with Gasteiger partial charge >= 0.3 is 193 Å². The summed E-state index contributed by atoms with van der Waals surface area (Å²) >= 11 is -1.78. The van der Waals surface area contributed by atoms with Crippen molar-refractivity contribution in [2.45, 2.75) is 32.2 Å². The van der Waals surface area contributed by atoms with Crippen LogP contribution in [0.15, 0.2) is 42.5 Å². The summed E-state index contributed by atoms with van der Waals surface area (Å²) in [4.78, 5) is 13.2. The van der Waals surface area contributed by atoms with Crippen LogP contribution in [0.4, 0.5) is 18.9 Å². The molecule has 2 aromatic carbocycles. The molecule has 1 aliphatic carbocycles. The number of anilines is 1. The van der Waals surface area contributed by atoms with Crippen LogP contribution in [-0.2, 0) is 4.79 Å². The second kappa shape index (κ2) is 9.36. The molecule has 2 aromatic rings. The zero-order chi connectivity index (χ0) is 22.9. The van der Waals surface area contributed by atoms with Gasteiger partial charge in [-0.25, -0.2) is 0 Å². The topological polar surface area (TPSA) is 50.8 Å². The molecule has 32 heavy (non-hydrogen) atoms. The molecule has 1 aliphatic heterocycles. The van der Waals surface area contributed by atoms with Crippen LogP contribution in [0.1, 0.15) is 31.9 Å². The zero-order valence-electron chi connectivity index (χ0n) is 17.9. The van der Waals surface area contributed by atoms with E-state index in [0.717, 1.165) is 15.7 Å². The van der Waals surface area contributed by atoms with Gasteiger partial charge in [0.25, 0.3) is 0 Å². The Labute approximate surface area is 193 Å². The maximum absolute atomic E-state index is 14.6. The third kappa shape index (κ3) is 5.60. The van der Waals surface area contributed by atoms with Gasteiger partial charge in [0.15, 0.2) is 0 Å². The van der Waals surface area contributed by atoms with Crippen LogP contribution in [0.5, 0.6) is 11.5 Å². The van der Waals surface area contributed by atoms with Crippen molar-refractivity contribution >= 4 is 31.8 Å². The number of hydrogen-bond donors (Lipinski definition) is 1. The van der Waals surface area contributed by atoms with Crippen molar-refractivity contribution in [2.24, 2.45) is 5.92 Å². The summed E-state index contributed by atoms with van der Waals surface area (Å²) in [5.41, 5.74) is 1.48. The molecule has 1 unspecified atom stereocenters. The van der Waals surface area contributed by atoms with Gasteiger partial charge in [0, 0.05) is 0 Å². The molecule has 1 saturated carbocycles. The molecule has 0 spiro atoms. The van der Waals surface area contributed by atoms with E-state index in [-0.39, 0.29) is 30.7 Å². The Morgan fingerprint density at radius 3 is 2.56 bits per heavy atom. The summed E-state index contributed by atoms with van der Waals surface area (Å²) in [7, 11) is 0. The van der Waals surface area contributed by atoms with E-state index in [9.17, 15) is 18.0 Å². The molecule has 9 heteroatoms. The third-order valence-electron chi connectivity index (χ3n) is 5.51. The Morgan fingerprint density at radius 1 is 1.25 bits per heavy atom. The van der Waals surface area contributed by atoms with Crippen molar-refractivity contribution < 1.29 is 25.8 Å². The van der Waals surface area contributed by atoms with Gasteiger partial charge in [-0.3, -0.25) is 0 Å². The number of ether oxygens (including phenoxy) is 1. The molecule has 174 valence electrons. The Morgan fingerprint density at radius 2 is 1.94 bits per heavy atom. The summed E-state index contributed by atoms with van der Waals surface area (Å²) in [6.07, 6.45) is -0.162. The Bertz CT molecular complexity index is 973. The van der Waals surface area contributed by atoms with Gasteiger partial charge in [0.05, 0.1) is 0 Å². The van der Waals surface area contributed by atoms with Gasteiger partial charge in [-0.15, -0.1) is 0 Å². The first-order valence-electron chi connectivity index (χ1n) is 10.4. The fourth-order valence-corrected chi connectivity index (χ4v) is 7.99. The van der Waals surface area contributed by atoms with Crippen LogP contribution >= 0.6 is 20.2 Å². The maximum atomic E-state index is 14.6. The molecular weight excluding hydrogens is 536 g/mol. The van der Waals surface area contributed by atoms with Crippen molar-refractivity contribution in [3.8, 4) is 11.5 Å². The molecule has 2 atom stereocenters. The van der Waals surface area contributed by atoms with Gasteiger partial charge in [0.2, 0.25) is 0 Å². The molecule has 4 rings (SSSR count). The van der Waals surface area contributed by atoms with Crippen molar-refractivity contribution in [3.63, 3.8) is 0 Å². The number of amides is 1. The number of benzene rings is 2. The van der Waals surface area contributed by atoms with Crippen molar-refractivity contribution in [3.05, 3.63) is 53.8 Å². The standard InChI is InChI=1S/C23H26F3IN2O3/c1-15(28-16(2)30)17-3-5-19(6-4-17)32-27-9-10-29(14-27)22-8-7-20(11-21(22)24)31-13-18-12-23(18,25)26/h3-8,11,15,18H,9-10,12-14H2,1-2H3,(H,28,30)/t15-,18?/m0/s1. The normalized spacial score (nSPS) is 21.2. The fraction of sp³-hybridized carbons (Fsp3) is 0.435. The summed E-state index contributed by atoms with van der Waals surface area (Å²) in [5.74, 6) is -2.84. The monoisotopic (exact) mass is 562 g/mol. The fourth-order valence-electron chi connectivity index (χ4n) is 3.53. The average molecular weight is 562 g/mol. The summed E-state index contributed by atoms with van der Waals surface area (Å²) in [5, 5.41) is 2.85. The number of hydrogen-bond acceptors (Lipinski definition) is 4. The molecular formula is C23H26F3IN2O3. The molecule has 2 aliphatic rings. The number of carbonyl (C=O) groups excluding carboxylic acids is 1. The van der Waals surface area contributed by atoms with Crippen LogP contribution in [0.3, 0.4) is 0 Å². The molecule has 1 heterocycles. The number of rotatable bonds is 8. The number of nitrogens with one attached hydrogen (secondary N) is 1. The molecule has 1 amide bonds. The number of nitrogens with zero attached hydrogens (tertiary/aromatic N) is 1. The number of alkyl halides is 4. The predicted octanol–water partition coefficient (Wildman–Crippen LogP) is 5.33. The minimum absolute atomic E-state index is 0.0713. The Kier molecular flexibility index (Phi) is 6.73. The minimum atomic E-state index is -2.64. The molecule has 1 saturated heterocycles. The third-order valence-corrected chi connectivity index (χ3v) is 9.91. The first kappa shape index (κ1) is 23.0. The van der Waals surface area contributed by atoms with Crippen LogP contribution in [0, 0.1) is 11.7 Å². The second-order valence-corrected chi connectivity index (χ2v) is 12.7. The molecule has 5 nitrogen and oxygen atoms in total. The van der Waals surface area contributed by atoms with Gasteiger partial charge in [-0.2, -0.15) is 0 Å². The SMILES string of the molecule is CC(=O)N[C@@H](C)c1ccc(OI2CCN(c3ccc(OCC4CC4(F)F)cc3F)C2)cc1. The van der Waals surface area contributed by atoms with Crippen LogP contribution in [0.25, 0.3) is 0 Å². The van der Waals surface area contributed by atoms with Crippen LogP contribution in [0.2, 0.25) is 0 Å². The first-order chi connectivity index (χ1) is 15.2. The molecule has 0 radical (unpaired) electrons. The molecule has 0 aromatic heterocycles. The van der Waals surface area contributed by atoms with Gasteiger partial charge < -0.3 is 0 Å². The van der Waals surface area contributed by atoms with E-state index in [1.54, 1.807) is 12.1 Å². The summed E-state index contributed by atoms with van der Waals surface area (Å²) in [6, 6.07) is 12.2. The molecule has 2 fully saturated rings. The summed E-state index contributed by atoms with van der Waals surface area (Å²) < 4.78 is 53.7. The Hall–Kier alpha value is -2.17. The Balaban J connectivity index is 1.30. The van der Waals surface area contributed by atoms with E-state index >= 15 is 0 Å².